The first kappa shape index (κ1) is 105. The minimum atomic E-state index is -3.94. The Balaban J connectivity index is 0.000000198. The molecule has 0 spiro atoms. The van der Waals surface area contributed by atoms with Gasteiger partial charge >= 0.3 is 0 Å². The molecule has 0 saturated carbocycles. The first-order valence-electron chi connectivity index (χ1n) is 41.1. The minimum Gasteiger partial charge on any atom is -0.497 e. The van der Waals surface area contributed by atoms with E-state index in [1.165, 1.54) is 94.0 Å². The second kappa shape index (κ2) is 49.9. The monoisotopic (exact) mass is 1960 g/mol. The highest BCUT2D eigenvalue weighted by atomic mass is 35.5. The van der Waals surface area contributed by atoms with Gasteiger partial charge in [-0.05, 0) is 218 Å². The fourth-order valence-corrected chi connectivity index (χ4v) is 20.0. The van der Waals surface area contributed by atoms with Crippen LogP contribution in [0, 0.1) is 0 Å². The zero-order chi connectivity index (χ0) is 96.0. The van der Waals surface area contributed by atoms with Gasteiger partial charge in [-0.3, -0.25) is 19.9 Å². The quantitative estimate of drug-likeness (QED) is 0.0277. The van der Waals surface area contributed by atoms with Crippen LogP contribution in [0.5, 0.6) is 46.0 Å². The van der Waals surface area contributed by atoms with E-state index in [-0.39, 0.29) is 75.1 Å². The number of aliphatic hydroxyl groups is 4. The van der Waals surface area contributed by atoms with Gasteiger partial charge in [0.15, 0.2) is 0 Å². The van der Waals surface area contributed by atoms with Crippen molar-refractivity contribution >= 4 is 86.5 Å². The van der Waals surface area contributed by atoms with E-state index in [1.807, 2.05) is 97.1 Å². The van der Waals surface area contributed by atoms with E-state index in [0.717, 1.165) is 44.5 Å². The fraction of sp³-hybridized carbons (Fsp3) is 0.292. The highest BCUT2D eigenvalue weighted by Gasteiger charge is 2.40. The predicted molar refractivity (Wildman–Crippen MR) is 511 cm³/mol. The summed E-state index contributed by atoms with van der Waals surface area (Å²) in [7, 11) is -3.17. The van der Waals surface area contributed by atoms with Gasteiger partial charge in [0, 0.05) is 77.1 Å². The van der Waals surface area contributed by atoms with Crippen LogP contribution in [0.2, 0.25) is 20.1 Å². The average molecular weight is 1960 g/mol. The van der Waals surface area contributed by atoms with Crippen LogP contribution in [0.1, 0.15) is 119 Å². The van der Waals surface area contributed by atoms with Gasteiger partial charge in [0.2, 0.25) is 40.1 Å². The number of benzene rings is 8. The summed E-state index contributed by atoms with van der Waals surface area (Å²) in [6.45, 7) is 6.94. The van der Waals surface area contributed by atoms with E-state index >= 15 is 0 Å². The van der Waals surface area contributed by atoms with Gasteiger partial charge in [0.1, 0.15) is 91.4 Å². The van der Waals surface area contributed by atoms with Crippen LogP contribution >= 0.6 is 46.4 Å². The number of halogens is 4. The molecule has 4 aromatic heterocycles. The molecule has 0 unspecified atom stereocenters. The molecule has 4 N–H and O–H groups in total. The maximum Gasteiger partial charge on any atom is 0.220 e. The topological polar surface area (TPSA) is 356 Å². The molecule has 704 valence electrons. The van der Waals surface area contributed by atoms with Crippen LogP contribution in [-0.4, -0.2) is 169 Å². The summed E-state index contributed by atoms with van der Waals surface area (Å²) in [6.07, 6.45) is 0.251. The van der Waals surface area contributed by atoms with Gasteiger partial charge in [-0.25, -0.2) is 33.7 Å². The molecule has 0 aliphatic rings. The first-order chi connectivity index (χ1) is 63.0. The van der Waals surface area contributed by atoms with Gasteiger partial charge in [0.25, 0.3) is 0 Å². The summed E-state index contributed by atoms with van der Waals surface area (Å²) in [5, 5.41) is 40.2. The molecular formula is C96H108Cl4N8O20S4. The van der Waals surface area contributed by atoms with Crippen LogP contribution in [0.25, 0.3) is 0 Å². The lowest BCUT2D eigenvalue weighted by molar-refractivity contribution is 0.167. The number of hydrogen-bond acceptors (Lipinski definition) is 24. The van der Waals surface area contributed by atoms with Crippen LogP contribution < -0.4 is 37.9 Å². The van der Waals surface area contributed by atoms with E-state index < -0.39 is 85.5 Å². The minimum absolute atomic E-state index is 0.128. The third-order valence-corrected chi connectivity index (χ3v) is 31.1. The van der Waals surface area contributed by atoms with E-state index in [1.54, 1.807) is 178 Å². The van der Waals surface area contributed by atoms with Crippen molar-refractivity contribution in [2.75, 3.05) is 56.9 Å². The Labute approximate surface area is 793 Å². The second-order valence-corrected chi connectivity index (χ2v) is 41.1. The molecule has 28 nitrogen and oxygen atoms in total. The Morgan fingerprint density at radius 1 is 0.227 bits per heavy atom. The number of pyridine rings is 4. The molecule has 8 aromatic carbocycles. The Morgan fingerprint density at radius 2 is 0.348 bits per heavy atom. The molecule has 132 heavy (non-hydrogen) atoms. The Morgan fingerprint density at radius 3 is 0.447 bits per heavy atom. The molecule has 0 saturated heterocycles. The lowest BCUT2D eigenvalue weighted by Gasteiger charge is -2.28. The predicted octanol–water partition coefficient (Wildman–Crippen LogP) is 16.8. The molecule has 0 aliphatic heterocycles. The van der Waals surface area contributed by atoms with Crippen molar-refractivity contribution in [1.82, 2.24) is 37.2 Å². The first-order valence-corrected chi connectivity index (χ1v) is 48.7. The lowest BCUT2D eigenvalue weighted by atomic mass is 10.2. The molecule has 0 aliphatic carbocycles. The Kier molecular flexibility index (Phi) is 39.8. The lowest BCUT2D eigenvalue weighted by Crippen LogP contribution is -2.39. The number of methoxy groups -OCH3 is 8. The molecule has 0 radical (unpaired) electrons. The standard InChI is InChI=1S/4C24H27ClN2O5S/c4*1-17(24(28)23-13-8-20(25)14-26-23)33(29,30)27(15-18-4-9-21(31-2)10-5-18)16-19-6-11-22(32-3)12-7-19/h4*4-14,17,24,28H,15-16H2,1-3H3/t4*17-,24-/m1100/s1. The van der Waals surface area contributed by atoms with E-state index in [4.69, 9.17) is 84.3 Å². The Bertz CT molecular complexity index is 5100. The summed E-state index contributed by atoms with van der Waals surface area (Å²) in [5.41, 5.74) is 7.29. The third kappa shape index (κ3) is 29.7. The average Bonchev–Trinajstić information content (AvgIpc) is 0.807. The SMILES string of the molecule is COc1ccc(CN(Cc2ccc(OC)cc2)S(=O)(=O)[C@@H](C)[C@H](O)c2ccc(Cl)cn2)cc1.COc1ccc(CN(Cc2ccc(OC)cc2)S(=O)(=O)[C@@H](C)[C@H](O)c2ccc(Cl)cn2)cc1.COc1ccc(CN(Cc2ccc(OC)cc2)S(=O)(=O)[C@H](C)[C@@H](O)c2ccc(Cl)cn2)cc1.COc1ccc(CN(Cc2ccc(OC)cc2)S(=O)(=O)[C@H](C)[C@@H](O)c2ccc(Cl)cn2)cc1. The Hall–Kier alpha value is -10.6. The number of nitrogens with zero attached hydrogens (tertiary/aromatic N) is 8. The molecule has 12 aromatic rings. The maximum absolute atomic E-state index is 13.6. The van der Waals surface area contributed by atoms with Crippen molar-refractivity contribution < 1.29 is 92.0 Å². The summed E-state index contributed by atoms with van der Waals surface area (Å²) >= 11 is 23.5. The van der Waals surface area contributed by atoms with Gasteiger partial charge in [0.05, 0.1) is 99.7 Å². The van der Waals surface area contributed by atoms with Crippen molar-refractivity contribution in [2.45, 2.75) is 125 Å². The van der Waals surface area contributed by atoms with Crippen molar-refractivity contribution in [3.05, 3.63) is 355 Å². The fourth-order valence-electron chi connectivity index (χ4n) is 13.2. The molecule has 12 rings (SSSR count). The van der Waals surface area contributed by atoms with Gasteiger partial charge in [-0.1, -0.05) is 143 Å². The number of sulfonamides is 4. The van der Waals surface area contributed by atoms with Crippen LogP contribution in [0.4, 0.5) is 0 Å². The smallest absolute Gasteiger partial charge is 0.220 e. The second-order valence-electron chi connectivity index (χ2n) is 30.2. The highest BCUT2D eigenvalue weighted by molar-refractivity contribution is 7.90. The van der Waals surface area contributed by atoms with Crippen LogP contribution in [-0.2, 0) is 92.5 Å². The zero-order valence-electron chi connectivity index (χ0n) is 74.7. The highest BCUT2D eigenvalue weighted by Crippen LogP contribution is 2.35. The molecule has 8 atom stereocenters. The number of hydrogen-bond donors (Lipinski definition) is 4. The molecule has 0 fully saturated rings. The normalized spacial score (nSPS) is 13.5. The van der Waals surface area contributed by atoms with Crippen LogP contribution in [0.15, 0.2) is 267 Å². The van der Waals surface area contributed by atoms with Crippen molar-refractivity contribution in [3.8, 4) is 46.0 Å². The van der Waals surface area contributed by atoms with Gasteiger partial charge in [-0.2, -0.15) is 17.2 Å². The third-order valence-electron chi connectivity index (χ3n) is 21.5. The van der Waals surface area contributed by atoms with E-state index in [2.05, 4.69) is 19.9 Å². The molecule has 0 amide bonds. The van der Waals surface area contributed by atoms with E-state index in [9.17, 15) is 54.1 Å². The molecular weight excluding hydrogens is 1860 g/mol. The van der Waals surface area contributed by atoms with Gasteiger partial charge < -0.3 is 58.3 Å². The van der Waals surface area contributed by atoms with Crippen molar-refractivity contribution in [1.29, 1.82) is 0 Å². The summed E-state index contributed by atoms with van der Waals surface area (Å²) in [6, 6.07) is 69.9. The summed E-state index contributed by atoms with van der Waals surface area (Å²) in [5.74, 6) is 5.45. The van der Waals surface area contributed by atoms with E-state index in [0.29, 0.717) is 66.1 Å². The summed E-state index contributed by atoms with van der Waals surface area (Å²) < 4.78 is 156. The number of aromatic nitrogens is 4. The van der Waals surface area contributed by atoms with Crippen molar-refractivity contribution in [3.63, 3.8) is 0 Å². The summed E-state index contributed by atoms with van der Waals surface area (Å²) in [4.78, 5) is 16.3. The number of aliphatic hydroxyl groups excluding tert-OH is 4. The molecule has 36 heteroatoms. The number of rotatable bonds is 40. The molecule has 0 bridgehead atoms. The maximum atomic E-state index is 13.6. The number of ether oxygens (including phenoxy) is 8. The van der Waals surface area contributed by atoms with Gasteiger partial charge in [-0.15, -0.1) is 0 Å². The largest absolute Gasteiger partial charge is 0.497 e. The molecule has 4 heterocycles. The zero-order valence-corrected chi connectivity index (χ0v) is 81.0. The van der Waals surface area contributed by atoms with Crippen LogP contribution in [0.3, 0.4) is 0 Å². The van der Waals surface area contributed by atoms with Crippen molar-refractivity contribution in [2.24, 2.45) is 0 Å².